The van der Waals surface area contributed by atoms with Gasteiger partial charge in [0.15, 0.2) is 0 Å². The molecular weight excluding hydrogens is 443 g/mol. The summed E-state index contributed by atoms with van der Waals surface area (Å²) in [4.78, 5) is 1.000. The van der Waals surface area contributed by atoms with E-state index in [0.717, 1.165) is 31.9 Å². The number of hydrogen-bond acceptors (Lipinski definition) is 5. The molecule has 4 rings (SSSR count). The Hall–Kier alpha value is -1.83. The molecule has 0 unspecified atom stereocenters. The molecule has 0 saturated carbocycles. The number of benzene rings is 4. The van der Waals surface area contributed by atoms with Gasteiger partial charge in [-0.2, -0.15) is 0 Å². The number of rotatable bonds is 8. The normalized spacial score (nSPS) is 13.9. The first kappa shape index (κ1) is 25.3. The van der Waals surface area contributed by atoms with Crippen LogP contribution < -0.4 is 5.46 Å². The van der Waals surface area contributed by atoms with Crippen molar-refractivity contribution >= 4 is 57.3 Å². The first-order valence-corrected chi connectivity index (χ1v) is 12.4. The second-order valence-corrected chi connectivity index (χ2v) is 12.1. The molecule has 0 aromatic heterocycles. The maximum absolute atomic E-state index is 10.4. The van der Waals surface area contributed by atoms with Crippen LogP contribution in [0.4, 0.5) is 0 Å². The van der Waals surface area contributed by atoms with Gasteiger partial charge in [0.05, 0.1) is 16.8 Å². The van der Waals surface area contributed by atoms with Gasteiger partial charge in [-0.25, -0.2) is 0 Å². The van der Waals surface area contributed by atoms with E-state index in [4.69, 9.17) is 8.84 Å². The molecular formula is C28H34BO4S. The highest BCUT2D eigenvalue weighted by atomic mass is 32.2. The lowest BCUT2D eigenvalue weighted by atomic mass is 9.80. The fraction of sp³-hybridized carbons (Fsp3) is 0.429. The zero-order valence-electron chi connectivity index (χ0n) is 21.3. The predicted molar refractivity (Wildman–Crippen MR) is 144 cm³/mol. The van der Waals surface area contributed by atoms with Crippen LogP contribution >= 0.6 is 12.0 Å². The molecule has 0 aliphatic carbocycles. The second kappa shape index (κ2) is 8.39. The molecule has 0 aliphatic rings. The van der Waals surface area contributed by atoms with Crippen LogP contribution in [-0.4, -0.2) is 40.1 Å². The van der Waals surface area contributed by atoms with Gasteiger partial charge in [-0.1, -0.05) is 41.9 Å². The lowest BCUT2D eigenvalue weighted by Crippen LogP contribution is -2.49. The summed E-state index contributed by atoms with van der Waals surface area (Å²) < 4.78 is 12.0. The lowest BCUT2D eigenvalue weighted by molar-refractivity contribution is -0.0893. The molecule has 6 heteroatoms. The topological polar surface area (TPSA) is 58.9 Å². The van der Waals surface area contributed by atoms with Crippen LogP contribution in [0.1, 0.15) is 55.4 Å². The quantitative estimate of drug-likeness (QED) is 0.186. The Morgan fingerprint density at radius 2 is 1.06 bits per heavy atom. The van der Waals surface area contributed by atoms with Gasteiger partial charge >= 0.3 is 7.48 Å². The average Bonchev–Trinajstić information content (AvgIpc) is 2.73. The molecule has 179 valence electrons. The van der Waals surface area contributed by atoms with Gasteiger partial charge in [-0.05, 0) is 99.8 Å². The Bertz CT molecular complexity index is 1160. The molecule has 34 heavy (non-hydrogen) atoms. The Morgan fingerprint density at radius 1 is 0.647 bits per heavy atom. The zero-order valence-corrected chi connectivity index (χ0v) is 22.1. The molecule has 4 nitrogen and oxygen atoms in total. The molecule has 4 aromatic carbocycles. The largest absolute Gasteiger partial charge is 0.427 e. The maximum Gasteiger partial charge on any atom is 0.330 e. The maximum atomic E-state index is 10.4. The van der Waals surface area contributed by atoms with Gasteiger partial charge in [0.25, 0.3) is 0 Å². The summed E-state index contributed by atoms with van der Waals surface area (Å²) in [5.41, 5.74) is -2.40. The minimum Gasteiger partial charge on any atom is -0.427 e. The van der Waals surface area contributed by atoms with E-state index >= 15 is 0 Å². The van der Waals surface area contributed by atoms with E-state index in [1.54, 1.807) is 35.2 Å². The fourth-order valence-corrected chi connectivity index (χ4v) is 4.42. The van der Waals surface area contributed by atoms with Crippen LogP contribution in [0.2, 0.25) is 0 Å². The molecule has 1 radical (unpaired) electrons. The zero-order chi connectivity index (χ0) is 25.1. The third-order valence-electron chi connectivity index (χ3n) is 7.31. The Morgan fingerprint density at radius 3 is 1.47 bits per heavy atom. The number of aliphatic hydroxyl groups is 2. The Labute approximate surface area is 207 Å². The molecule has 0 heterocycles. The van der Waals surface area contributed by atoms with Crippen LogP contribution in [0.5, 0.6) is 0 Å². The van der Waals surface area contributed by atoms with E-state index in [0.29, 0.717) is 0 Å². The summed E-state index contributed by atoms with van der Waals surface area (Å²) >= 11 is 1.30. The average molecular weight is 477 g/mol. The third kappa shape index (κ3) is 4.67. The van der Waals surface area contributed by atoms with Crippen molar-refractivity contribution in [2.75, 3.05) is 0 Å². The Kier molecular flexibility index (Phi) is 6.23. The van der Waals surface area contributed by atoms with Crippen molar-refractivity contribution in [1.29, 1.82) is 0 Å². The first-order valence-electron chi connectivity index (χ1n) is 11.6. The van der Waals surface area contributed by atoms with E-state index < -0.39 is 22.4 Å². The van der Waals surface area contributed by atoms with Gasteiger partial charge in [-0.3, -0.25) is 0 Å². The summed E-state index contributed by atoms with van der Waals surface area (Å²) in [6, 6.07) is 17.1. The first-order chi connectivity index (χ1) is 15.6. The van der Waals surface area contributed by atoms with E-state index in [1.165, 1.54) is 22.8 Å². The molecule has 0 amide bonds. The summed E-state index contributed by atoms with van der Waals surface area (Å²) in [5, 5.41) is 27.8. The van der Waals surface area contributed by atoms with Gasteiger partial charge < -0.3 is 19.1 Å². The van der Waals surface area contributed by atoms with Crippen LogP contribution in [0.25, 0.3) is 32.3 Å². The predicted octanol–water partition coefficient (Wildman–Crippen LogP) is 5.97. The molecule has 4 aromatic rings. The van der Waals surface area contributed by atoms with Gasteiger partial charge in [-0.15, -0.1) is 0 Å². The van der Waals surface area contributed by atoms with Gasteiger partial charge in [0.1, 0.15) is 5.60 Å². The molecule has 0 bridgehead atoms. The molecule has 0 atom stereocenters. The monoisotopic (exact) mass is 477 g/mol. The fourth-order valence-electron chi connectivity index (χ4n) is 3.56. The minimum atomic E-state index is -0.971. The Balaban J connectivity index is 1.68. The van der Waals surface area contributed by atoms with Crippen molar-refractivity contribution in [1.82, 2.24) is 0 Å². The highest BCUT2D eigenvalue weighted by molar-refractivity contribution is 7.94. The molecule has 2 N–H and O–H groups in total. The SMILES string of the molecule is CC(C)(O)C(C)(C)O[B]c1cc2ccc3cc(SOC(C)(C)C(C)(C)O)cc4ccc(c1)c2c34. The van der Waals surface area contributed by atoms with Crippen molar-refractivity contribution in [2.45, 2.75) is 82.7 Å². The summed E-state index contributed by atoms with van der Waals surface area (Å²) in [5.74, 6) is 0. The minimum absolute atomic E-state index is 0.703. The van der Waals surface area contributed by atoms with E-state index in [-0.39, 0.29) is 0 Å². The van der Waals surface area contributed by atoms with E-state index in [1.807, 2.05) is 27.7 Å². The van der Waals surface area contributed by atoms with Gasteiger partial charge in [0.2, 0.25) is 0 Å². The van der Waals surface area contributed by atoms with Crippen LogP contribution in [-0.2, 0) is 8.84 Å². The molecule has 0 aliphatic heterocycles. The van der Waals surface area contributed by atoms with Crippen molar-refractivity contribution < 1.29 is 19.1 Å². The lowest BCUT2D eigenvalue weighted by Gasteiger charge is -2.37. The summed E-state index contributed by atoms with van der Waals surface area (Å²) in [6.45, 7) is 14.6. The van der Waals surface area contributed by atoms with Crippen molar-refractivity contribution in [3.8, 4) is 0 Å². The van der Waals surface area contributed by atoms with Crippen molar-refractivity contribution in [2.24, 2.45) is 0 Å². The smallest absolute Gasteiger partial charge is 0.330 e. The second-order valence-electron chi connectivity index (χ2n) is 11.3. The molecule has 0 fully saturated rings. The summed E-state index contributed by atoms with van der Waals surface area (Å²) in [7, 11) is 1.74. The van der Waals surface area contributed by atoms with E-state index in [2.05, 4.69) is 48.5 Å². The highest BCUT2D eigenvalue weighted by Crippen LogP contribution is 2.39. The van der Waals surface area contributed by atoms with E-state index in [9.17, 15) is 10.2 Å². The summed E-state index contributed by atoms with van der Waals surface area (Å²) in [6.07, 6.45) is 0. The molecule has 0 spiro atoms. The van der Waals surface area contributed by atoms with Crippen LogP contribution in [0, 0.1) is 0 Å². The third-order valence-corrected chi connectivity index (χ3v) is 8.24. The van der Waals surface area contributed by atoms with Crippen LogP contribution in [0.15, 0.2) is 53.4 Å². The van der Waals surface area contributed by atoms with Gasteiger partial charge in [0, 0.05) is 16.9 Å². The van der Waals surface area contributed by atoms with Crippen molar-refractivity contribution in [3.63, 3.8) is 0 Å². The van der Waals surface area contributed by atoms with Crippen LogP contribution in [0.3, 0.4) is 0 Å². The standard InChI is InChI=1S/C28H34BO4S/c1-25(2,30)27(5,6)32-29-21-13-17-9-11-19-15-22(34-33-28(7,8)26(3,4)31)16-20-12-10-18(14-21)23(17)24(19)20/h9-16,30-31H,1-8H3. The van der Waals surface area contributed by atoms with Crippen molar-refractivity contribution in [3.05, 3.63) is 48.5 Å². The molecule has 0 saturated heterocycles. The highest BCUT2D eigenvalue weighted by Gasteiger charge is 2.37. The number of hydrogen-bond donors (Lipinski definition) is 2.